The Balaban J connectivity index is 3.82. The zero-order chi connectivity index (χ0) is 11.7. The molecule has 2 atom stereocenters. The van der Waals surface area contributed by atoms with Crippen LogP contribution in [0.4, 0.5) is 0 Å². The lowest BCUT2D eigenvalue weighted by molar-refractivity contribution is -0.125. The van der Waals surface area contributed by atoms with Crippen LogP contribution in [-0.2, 0) is 4.79 Å². The fourth-order valence-corrected chi connectivity index (χ4v) is 1.55. The minimum absolute atomic E-state index is 0.0673. The van der Waals surface area contributed by atoms with Crippen LogP contribution in [0.2, 0.25) is 0 Å². The van der Waals surface area contributed by atoms with Gasteiger partial charge in [-0.15, -0.1) is 11.6 Å². The largest absolute Gasteiger partial charge is 0.354 e. The number of carbonyl (C=O) groups excluding carboxylic acids is 1. The van der Waals surface area contributed by atoms with Crippen molar-refractivity contribution < 1.29 is 4.79 Å². The van der Waals surface area contributed by atoms with E-state index in [4.69, 9.17) is 11.6 Å². The Morgan fingerprint density at radius 1 is 1.27 bits per heavy atom. The van der Waals surface area contributed by atoms with Crippen molar-refractivity contribution in [2.24, 2.45) is 5.92 Å². The van der Waals surface area contributed by atoms with Gasteiger partial charge in [0.1, 0.15) is 0 Å². The van der Waals surface area contributed by atoms with E-state index < -0.39 is 0 Å². The van der Waals surface area contributed by atoms with Gasteiger partial charge in [-0.25, -0.2) is 0 Å². The zero-order valence-electron chi connectivity index (χ0n) is 10.2. The summed E-state index contributed by atoms with van der Waals surface area (Å²) in [6, 6.07) is 0. The second kappa shape index (κ2) is 9.02. The van der Waals surface area contributed by atoms with E-state index in [0.29, 0.717) is 6.54 Å². The first kappa shape index (κ1) is 14.8. The van der Waals surface area contributed by atoms with Crippen LogP contribution in [0.25, 0.3) is 0 Å². The summed E-state index contributed by atoms with van der Waals surface area (Å²) in [5, 5.41) is 2.99. The predicted octanol–water partition coefficient (Wildman–Crippen LogP) is 3.34. The Bertz CT molecular complexity index is 173. The third-order valence-corrected chi connectivity index (χ3v) is 3.17. The van der Waals surface area contributed by atoms with Gasteiger partial charge in [-0.1, -0.05) is 33.6 Å². The fourth-order valence-electron chi connectivity index (χ4n) is 1.47. The second-order valence-electron chi connectivity index (χ2n) is 4.00. The van der Waals surface area contributed by atoms with Crippen LogP contribution in [0.3, 0.4) is 0 Å². The number of carbonyl (C=O) groups is 1. The van der Waals surface area contributed by atoms with E-state index in [2.05, 4.69) is 19.2 Å². The molecule has 0 saturated carbocycles. The standard InChI is InChI=1S/C12H24ClNO/c1-4-7-8-10(5-2)12(15)14-9-11(13)6-3/h10-11H,4-9H2,1-3H3,(H,14,15). The maximum Gasteiger partial charge on any atom is 0.223 e. The summed E-state index contributed by atoms with van der Waals surface area (Å²) >= 11 is 5.95. The van der Waals surface area contributed by atoms with Gasteiger partial charge in [0.05, 0.1) is 5.38 Å². The van der Waals surface area contributed by atoms with Crippen LogP contribution >= 0.6 is 11.6 Å². The van der Waals surface area contributed by atoms with Crippen molar-refractivity contribution in [1.29, 1.82) is 0 Å². The van der Waals surface area contributed by atoms with Crippen molar-refractivity contribution >= 4 is 17.5 Å². The van der Waals surface area contributed by atoms with Gasteiger partial charge < -0.3 is 5.32 Å². The van der Waals surface area contributed by atoms with E-state index in [1.807, 2.05) is 6.92 Å². The molecule has 3 heteroatoms. The molecule has 0 bridgehead atoms. The molecule has 15 heavy (non-hydrogen) atoms. The lowest BCUT2D eigenvalue weighted by Crippen LogP contribution is -2.34. The van der Waals surface area contributed by atoms with Crippen molar-refractivity contribution in [3.8, 4) is 0 Å². The smallest absolute Gasteiger partial charge is 0.223 e. The molecule has 2 nitrogen and oxygen atoms in total. The molecular weight excluding hydrogens is 210 g/mol. The number of rotatable bonds is 8. The van der Waals surface area contributed by atoms with Crippen LogP contribution < -0.4 is 5.32 Å². The summed E-state index contributed by atoms with van der Waals surface area (Å²) in [7, 11) is 0. The minimum atomic E-state index is 0.0673. The molecule has 2 unspecified atom stereocenters. The van der Waals surface area contributed by atoms with Crippen LogP contribution in [0.5, 0.6) is 0 Å². The molecule has 0 aromatic rings. The highest BCUT2D eigenvalue weighted by Gasteiger charge is 2.15. The van der Waals surface area contributed by atoms with Gasteiger partial charge in [-0.3, -0.25) is 4.79 Å². The SMILES string of the molecule is CCCCC(CC)C(=O)NCC(Cl)CC. The molecule has 0 aliphatic carbocycles. The van der Waals surface area contributed by atoms with Crippen LogP contribution in [-0.4, -0.2) is 17.8 Å². The third kappa shape index (κ3) is 6.77. The van der Waals surface area contributed by atoms with E-state index in [1.54, 1.807) is 0 Å². The number of alkyl halides is 1. The van der Waals surface area contributed by atoms with Crippen LogP contribution in [0.15, 0.2) is 0 Å². The Kier molecular flexibility index (Phi) is 8.88. The van der Waals surface area contributed by atoms with Gasteiger partial charge in [0.15, 0.2) is 0 Å². The maximum atomic E-state index is 11.7. The summed E-state index contributed by atoms with van der Waals surface area (Å²) < 4.78 is 0. The summed E-state index contributed by atoms with van der Waals surface area (Å²) in [5.74, 6) is 0.343. The summed E-state index contributed by atoms with van der Waals surface area (Å²) in [6.45, 7) is 6.84. The molecular formula is C12H24ClNO. The van der Waals surface area contributed by atoms with Crippen LogP contribution in [0.1, 0.15) is 52.9 Å². The molecule has 0 aliphatic rings. The van der Waals surface area contributed by atoms with E-state index >= 15 is 0 Å². The summed E-state index contributed by atoms with van der Waals surface area (Å²) in [5.41, 5.74) is 0. The zero-order valence-corrected chi connectivity index (χ0v) is 10.9. The van der Waals surface area contributed by atoms with E-state index in [-0.39, 0.29) is 17.2 Å². The predicted molar refractivity (Wildman–Crippen MR) is 66.2 cm³/mol. The van der Waals surface area contributed by atoms with Crippen molar-refractivity contribution in [2.75, 3.05) is 6.54 Å². The topological polar surface area (TPSA) is 29.1 Å². The molecule has 0 aromatic carbocycles. The Labute approximate surface area is 98.8 Å². The van der Waals surface area contributed by atoms with Gasteiger partial charge in [-0.05, 0) is 19.3 Å². The average molecular weight is 234 g/mol. The molecule has 0 heterocycles. The van der Waals surface area contributed by atoms with E-state index in [0.717, 1.165) is 32.1 Å². The number of amides is 1. The van der Waals surface area contributed by atoms with E-state index in [1.165, 1.54) is 0 Å². The molecule has 0 aromatic heterocycles. The minimum Gasteiger partial charge on any atom is -0.354 e. The lowest BCUT2D eigenvalue weighted by Gasteiger charge is -2.15. The molecule has 1 amide bonds. The first-order valence-electron chi connectivity index (χ1n) is 6.07. The third-order valence-electron chi connectivity index (χ3n) is 2.71. The Morgan fingerprint density at radius 3 is 2.40 bits per heavy atom. The lowest BCUT2D eigenvalue weighted by atomic mass is 9.98. The first-order chi connectivity index (χ1) is 7.15. The quantitative estimate of drug-likeness (QED) is 0.641. The molecule has 90 valence electrons. The number of halogens is 1. The molecule has 0 fully saturated rings. The number of hydrogen-bond acceptors (Lipinski definition) is 1. The highest BCUT2D eigenvalue weighted by atomic mass is 35.5. The van der Waals surface area contributed by atoms with Crippen LogP contribution in [0, 0.1) is 5.92 Å². The van der Waals surface area contributed by atoms with Crippen molar-refractivity contribution in [3.63, 3.8) is 0 Å². The van der Waals surface area contributed by atoms with Gasteiger partial charge in [0.2, 0.25) is 5.91 Å². The van der Waals surface area contributed by atoms with Gasteiger partial charge in [-0.2, -0.15) is 0 Å². The highest BCUT2D eigenvalue weighted by Crippen LogP contribution is 2.12. The summed E-state index contributed by atoms with van der Waals surface area (Å²) in [4.78, 5) is 11.7. The molecule has 0 rings (SSSR count). The maximum absolute atomic E-state index is 11.7. The number of nitrogens with one attached hydrogen (secondary N) is 1. The fraction of sp³-hybridized carbons (Fsp3) is 0.917. The number of unbranched alkanes of at least 4 members (excludes halogenated alkanes) is 1. The molecule has 0 aliphatic heterocycles. The van der Waals surface area contributed by atoms with Crippen molar-refractivity contribution in [1.82, 2.24) is 5.32 Å². The van der Waals surface area contributed by atoms with Gasteiger partial charge in [0, 0.05) is 12.5 Å². The normalized spacial score (nSPS) is 14.7. The number of hydrogen-bond donors (Lipinski definition) is 1. The second-order valence-corrected chi connectivity index (χ2v) is 4.62. The molecule has 0 radical (unpaired) electrons. The Morgan fingerprint density at radius 2 is 1.93 bits per heavy atom. The summed E-state index contributed by atoms with van der Waals surface area (Å²) in [6.07, 6.45) is 5.09. The molecule has 1 N–H and O–H groups in total. The highest BCUT2D eigenvalue weighted by molar-refractivity contribution is 6.20. The first-order valence-corrected chi connectivity index (χ1v) is 6.51. The average Bonchev–Trinajstić information content (AvgIpc) is 2.26. The van der Waals surface area contributed by atoms with Gasteiger partial charge >= 0.3 is 0 Å². The van der Waals surface area contributed by atoms with Gasteiger partial charge in [0.25, 0.3) is 0 Å². The Hall–Kier alpha value is -0.240. The van der Waals surface area contributed by atoms with E-state index in [9.17, 15) is 4.79 Å². The monoisotopic (exact) mass is 233 g/mol. The molecule has 0 spiro atoms. The van der Waals surface area contributed by atoms with Crippen molar-refractivity contribution in [3.05, 3.63) is 0 Å². The van der Waals surface area contributed by atoms with Crippen molar-refractivity contribution in [2.45, 2.75) is 58.3 Å². The molecule has 0 saturated heterocycles.